The molecule has 34 heavy (non-hydrogen) atoms. The number of hydrogen-bond donors (Lipinski definition) is 1. The number of amides is 4. The second-order valence-electron chi connectivity index (χ2n) is 7.62. The van der Waals surface area contributed by atoms with E-state index in [1.807, 2.05) is 49.4 Å². The molecule has 1 heterocycles. The summed E-state index contributed by atoms with van der Waals surface area (Å²) in [5.41, 5.74) is 2.69. The molecule has 0 unspecified atom stereocenters. The van der Waals surface area contributed by atoms with Crippen LogP contribution < -0.4 is 19.7 Å². The third kappa shape index (κ3) is 4.68. The van der Waals surface area contributed by atoms with Crippen LogP contribution in [-0.4, -0.2) is 25.0 Å². The Bertz CT molecular complexity index is 1270. The molecule has 172 valence electrons. The summed E-state index contributed by atoms with van der Waals surface area (Å²) in [4.78, 5) is 39.3. The molecular weight excluding hydrogens is 432 g/mol. The molecule has 3 aromatic carbocycles. The molecule has 0 spiro atoms. The maximum atomic E-state index is 13.2. The van der Waals surface area contributed by atoms with E-state index in [-0.39, 0.29) is 5.57 Å². The van der Waals surface area contributed by atoms with E-state index in [0.29, 0.717) is 35.8 Å². The summed E-state index contributed by atoms with van der Waals surface area (Å²) in [6.45, 7) is 2.30. The molecule has 0 bridgehead atoms. The van der Waals surface area contributed by atoms with Crippen molar-refractivity contribution >= 4 is 29.6 Å². The number of aryl methyl sites for hydroxylation is 1. The molecule has 7 heteroatoms. The Hall–Kier alpha value is -4.39. The molecule has 1 N–H and O–H groups in total. The van der Waals surface area contributed by atoms with Gasteiger partial charge in [0.05, 0.1) is 12.8 Å². The van der Waals surface area contributed by atoms with E-state index < -0.39 is 17.8 Å². The lowest BCUT2D eigenvalue weighted by molar-refractivity contribution is -0.122. The standard InChI is InChI=1S/C27H24N2O5/c1-3-20-11-7-8-12-22(20)29-26(31)21(25(30)28-27(29)32)15-19-13-14-23(24(16-19)33-2)34-17-18-9-5-4-6-10-18/h4-16H,3,17H2,1-2H3,(H,28,30,32)/b21-15-. The second-order valence-corrected chi connectivity index (χ2v) is 7.62. The van der Waals surface area contributed by atoms with Crippen LogP contribution in [0, 0.1) is 0 Å². The molecule has 1 aliphatic heterocycles. The molecule has 0 atom stereocenters. The van der Waals surface area contributed by atoms with Crippen LogP contribution in [0.1, 0.15) is 23.6 Å². The molecule has 4 rings (SSSR count). The Morgan fingerprint density at radius 1 is 0.912 bits per heavy atom. The minimum atomic E-state index is -0.768. The third-order valence-corrected chi connectivity index (χ3v) is 5.45. The van der Waals surface area contributed by atoms with E-state index in [1.54, 1.807) is 30.3 Å². The van der Waals surface area contributed by atoms with Crippen LogP contribution in [0.4, 0.5) is 10.5 Å². The second kappa shape index (κ2) is 10.0. The number of methoxy groups -OCH3 is 1. The Morgan fingerprint density at radius 3 is 2.38 bits per heavy atom. The number of barbiturate groups is 1. The average molecular weight is 456 g/mol. The van der Waals surface area contributed by atoms with E-state index in [1.165, 1.54) is 13.2 Å². The molecular formula is C27H24N2O5. The fraction of sp³-hybridized carbons (Fsp3) is 0.148. The minimum absolute atomic E-state index is 0.148. The lowest BCUT2D eigenvalue weighted by Crippen LogP contribution is -2.54. The number of carbonyl (C=O) groups is 3. The largest absolute Gasteiger partial charge is 0.493 e. The average Bonchev–Trinajstić information content (AvgIpc) is 2.86. The highest BCUT2D eigenvalue weighted by Gasteiger charge is 2.37. The van der Waals surface area contributed by atoms with Gasteiger partial charge in [0.25, 0.3) is 11.8 Å². The van der Waals surface area contributed by atoms with E-state index in [0.717, 1.165) is 16.0 Å². The van der Waals surface area contributed by atoms with Crippen molar-refractivity contribution in [1.82, 2.24) is 5.32 Å². The topological polar surface area (TPSA) is 84.9 Å². The van der Waals surface area contributed by atoms with Gasteiger partial charge in [-0.25, -0.2) is 9.69 Å². The summed E-state index contributed by atoms with van der Waals surface area (Å²) in [5.74, 6) is -0.443. The summed E-state index contributed by atoms with van der Waals surface area (Å²) in [7, 11) is 1.52. The third-order valence-electron chi connectivity index (χ3n) is 5.45. The molecule has 0 aliphatic carbocycles. The zero-order valence-corrected chi connectivity index (χ0v) is 18.9. The van der Waals surface area contributed by atoms with Crippen LogP contribution in [0.2, 0.25) is 0 Å². The highest BCUT2D eigenvalue weighted by atomic mass is 16.5. The summed E-state index contributed by atoms with van der Waals surface area (Å²) in [6, 6.07) is 21.2. The van der Waals surface area contributed by atoms with E-state index in [2.05, 4.69) is 5.32 Å². The van der Waals surface area contributed by atoms with Gasteiger partial charge < -0.3 is 9.47 Å². The van der Waals surface area contributed by atoms with E-state index in [9.17, 15) is 14.4 Å². The molecule has 1 aliphatic rings. The number of ether oxygens (including phenoxy) is 2. The molecule has 0 saturated carbocycles. The smallest absolute Gasteiger partial charge is 0.335 e. The maximum Gasteiger partial charge on any atom is 0.335 e. The monoisotopic (exact) mass is 456 g/mol. The van der Waals surface area contributed by atoms with Crippen molar-refractivity contribution in [2.45, 2.75) is 20.0 Å². The number of rotatable bonds is 7. The zero-order valence-electron chi connectivity index (χ0n) is 18.9. The number of urea groups is 1. The maximum absolute atomic E-state index is 13.2. The highest BCUT2D eigenvalue weighted by Crippen LogP contribution is 2.31. The number of nitrogens with zero attached hydrogens (tertiary/aromatic N) is 1. The number of benzene rings is 3. The zero-order chi connectivity index (χ0) is 24.1. The Balaban J connectivity index is 1.62. The van der Waals surface area contributed by atoms with Crippen molar-refractivity contribution in [2.75, 3.05) is 12.0 Å². The summed E-state index contributed by atoms with van der Waals surface area (Å²) in [5, 5.41) is 2.26. The number of carbonyl (C=O) groups excluding carboxylic acids is 3. The van der Waals surface area contributed by atoms with Gasteiger partial charge >= 0.3 is 6.03 Å². The molecule has 3 aromatic rings. The van der Waals surface area contributed by atoms with Gasteiger partial charge in [-0.3, -0.25) is 14.9 Å². The van der Waals surface area contributed by atoms with Gasteiger partial charge in [0.2, 0.25) is 0 Å². The summed E-state index contributed by atoms with van der Waals surface area (Å²) < 4.78 is 11.3. The fourth-order valence-corrected chi connectivity index (χ4v) is 3.70. The van der Waals surface area contributed by atoms with Gasteiger partial charge in [0.1, 0.15) is 12.2 Å². The van der Waals surface area contributed by atoms with Gasteiger partial charge in [-0.2, -0.15) is 0 Å². The van der Waals surface area contributed by atoms with Crippen molar-refractivity contribution in [1.29, 1.82) is 0 Å². The highest BCUT2D eigenvalue weighted by molar-refractivity contribution is 6.39. The molecule has 4 amide bonds. The fourth-order valence-electron chi connectivity index (χ4n) is 3.70. The Kier molecular flexibility index (Phi) is 6.73. The first-order valence-corrected chi connectivity index (χ1v) is 10.9. The van der Waals surface area contributed by atoms with Gasteiger partial charge in [-0.1, -0.05) is 61.5 Å². The van der Waals surface area contributed by atoms with Crippen LogP contribution in [0.3, 0.4) is 0 Å². The molecule has 1 saturated heterocycles. The van der Waals surface area contributed by atoms with Crippen LogP contribution in [0.15, 0.2) is 78.4 Å². The lowest BCUT2D eigenvalue weighted by Gasteiger charge is -2.28. The van der Waals surface area contributed by atoms with Crippen LogP contribution in [-0.2, 0) is 22.6 Å². The van der Waals surface area contributed by atoms with Gasteiger partial charge in [-0.05, 0) is 47.4 Å². The van der Waals surface area contributed by atoms with E-state index >= 15 is 0 Å². The predicted octanol–water partition coefficient (Wildman–Crippen LogP) is 4.50. The van der Waals surface area contributed by atoms with Gasteiger partial charge in [0.15, 0.2) is 11.5 Å². The lowest BCUT2D eigenvalue weighted by atomic mass is 10.0. The molecule has 7 nitrogen and oxygen atoms in total. The van der Waals surface area contributed by atoms with Gasteiger partial charge in [0, 0.05) is 0 Å². The number of nitrogens with one attached hydrogen (secondary N) is 1. The predicted molar refractivity (Wildman–Crippen MR) is 129 cm³/mol. The Labute approximate surface area is 197 Å². The van der Waals surface area contributed by atoms with Crippen molar-refractivity contribution in [3.05, 3.63) is 95.1 Å². The Morgan fingerprint density at radius 2 is 1.65 bits per heavy atom. The quantitative estimate of drug-likeness (QED) is 0.418. The number of anilines is 1. The van der Waals surface area contributed by atoms with Crippen molar-refractivity contribution in [3.63, 3.8) is 0 Å². The first-order valence-electron chi connectivity index (χ1n) is 10.9. The molecule has 0 radical (unpaired) electrons. The van der Waals surface area contributed by atoms with Crippen LogP contribution in [0.25, 0.3) is 6.08 Å². The summed E-state index contributed by atoms with van der Waals surface area (Å²) >= 11 is 0. The van der Waals surface area contributed by atoms with Crippen molar-refractivity contribution in [3.8, 4) is 11.5 Å². The normalized spacial score (nSPS) is 14.8. The molecule has 0 aromatic heterocycles. The SMILES string of the molecule is CCc1ccccc1N1C(=O)NC(=O)/C(=C/c2ccc(OCc3ccccc3)c(OC)c2)C1=O. The first-order chi connectivity index (χ1) is 16.5. The first kappa shape index (κ1) is 22.8. The van der Waals surface area contributed by atoms with Crippen molar-refractivity contribution < 1.29 is 23.9 Å². The van der Waals surface area contributed by atoms with Crippen molar-refractivity contribution in [2.24, 2.45) is 0 Å². The minimum Gasteiger partial charge on any atom is -0.493 e. The van der Waals surface area contributed by atoms with Crippen LogP contribution in [0.5, 0.6) is 11.5 Å². The van der Waals surface area contributed by atoms with Crippen LogP contribution >= 0.6 is 0 Å². The number of imide groups is 2. The summed E-state index contributed by atoms with van der Waals surface area (Å²) in [6.07, 6.45) is 2.07. The van der Waals surface area contributed by atoms with Gasteiger partial charge in [-0.15, -0.1) is 0 Å². The number of para-hydroxylation sites is 1. The number of hydrogen-bond acceptors (Lipinski definition) is 5. The molecule has 1 fully saturated rings. The van der Waals surface area contributed by atoms with E-state index in [4.69, 9.17) is 9.47 Å².